The van der Waals surface area contributed by atoms with Crippen LogP contribution in [0.1, 0.15) is 0 Å². The summed E-state index contributed by atoms with van der Waals surface area (Å²) < 4.78 is 5.01. The predicted octanol–water partition coefficient (Wildman–Crippen LogP) is 0.0815. The number of hydrogen-bond donors (Lipinski definition) is 2. The Hall–Kier alpha value is 0.160. The lowest BCUT2D eigenvalue weighted by Crippen LogP contribution is -2.30. The van der Waals surface area contributed by atoms with Gasteiger partial charge in [-0.05, 0) is 0 Å². The first-order chi connectivity index (χ1) is 6.00. The van der Waals surface area contributed by atoms with E-state index in [-0.39, 0.29) is 4.70 Å². The lowest BCUT2D eigenvalue weighted by atomic mass is 10.5. The van der Waals surface area contributed by atoms with E-state index in [1.54, 1.807) is 0 Å². The van der Waals surface area contributed by atoms with Crippen LogP contribution >= 0.6 is 11.8 Å². The lowest BCUT2D eigenvalue weighted by molar-refractivity contribution is 0.109. The molecule has 13 heavy (non-hydrogen) atoms. The second-order valence-corrected chi connectivity index (χ2v) is 3.95. The van der Waals surface area contributed by atoms with E-state index in [4.69, 9.17) is 4.74 Å². The van der Waals surface area contributed by atoms with Crippen molar-refractivity contribution in [3.63, 3.8) is 0 Å². The summed E-state index contributed by atoms with van der Waals surface area (Å²) >= 11 is 2.03. The largest absolute Gasteiger partial charge is 0.379 e. The molecule has 0 bridgehead atoms. The van der Waals surface area contributed by atoms with E-state index >= 15 is 0 Å². The summed E-state index contributed by atoms with van der Waals surface area (Å²) in [6.45, 7) is 6.26. The Morgan fingerprint density at radius 1 is 0.846 bits per heavy atom. The van der Waals surface area contributed by atoms with E-state index in [9.17, 15) is 0 Å². The molecule has 0 radical (unpaired) electrons. The van der Waals surface area contributed by atoms with Gasteiger partial charge in [0.05, 0.1) is 13.2 Å². The van der Waals surface area contributed by atoms with Crippen molar-refractivity contribution in [1.82, 2.24) is 10.6 Å². The number of nitrogens with one attached hydrogen (secondary N) is 2. The van der Waals surface area contributed by atoms with Crippen LogP contribution in [0.3, 0.4) is 0 Å². The molecule has 0 aromatic heterocycles. The molecule has 3 nitrogen and oxygen atoms in total. The van der Waals surface area contributed by atoms with Crippen LogP contribution in [0, 0.1) is 0 Å². The molecule has 2 saturated heterocycles. The normalized spacial score (nSPS) is 22.2. The summed E-state index contributed by atoms with van der Waals surface area (Å²) in [5.41, 5.74) is 0. The van der Waals surface area contributed by atoms with Crippen molar-refractivity contribution >= 4 is 11.8 Å². The highest BCUT2D eigenvalue weighted by Crippen LogP contribution is 1.99. The first kappa shape index (κ1) is 13.2. The number of morpholine rings is 1. The van der Waals surface area contributed by atoms with E-state index in [2.05, 4.69) is 10.6 Å². The van der Waals surface area contributed by atoms with E-state index in [0.717, 1.165) is 26.3 Å². The molecule has 2 aliphatic heterocycles. The highest BCUT2D eigenvalue weighted by atomic mass is 32.2. The van der Waals surface area contributed by atoms with E-state index in [1.807, 2.05) is 11.8 Å². The molecular weight excluding hydrogens is 191 g/mol. The zero-order valence-electron chi connectivity index (χ0n) is 7.88. The molecule has 2 heterocycles. The summed E-state index contributed by atoms with van der Waals surface area (Å²) in [5.74, 6) is 2.61. The van der Waals surface area contributed by atoms with Gasteiger partial charge in [0, 0.05) is 37.7 Å². The molecular formula is C8H19FN2OS. The minimum Gasteiger partial charge on any atom is -0.379 e. The number of hydrogen-bond acceptors (Lipinski definition) is 4. The highest BCUT2D eigenvalue weighted by molar-refractivity contribution is 7.99. The molecule has 0 saturated carbocycles. The first-order valence-corrected chi connectivity index (χ1v) is 5.72. The average molecular weight is 210 g/mol. The third kappa shape index (κ3) is 8.49. The van der Waals surface area contributed by atoms with Crippen molar-refractivity contribution in [3.8, 4) is 0 Å². The van der Waals surface area contributed by atoms with Crippen molar-refractivity contribution in [2.75, 3.05) is 50.9 Å². The Balaban J connectivity index is 0.000000206. The Labute approximate surface area is 83.4 Å². The summed E-state index contributed by atoms with van der Waals surface area (Å²) in [7, 11) is 0. The summed E-state index contributed by atoms with van der Waals surface area (Å²) in [4.78, 5) is 0. The molecule has 2 fully saturated rings. The zero-order chi connectivity index (χ0) is 8.49. The van der Waals surface area contributed by atoms with Crippen LogP contribution in [0.2, 0.25) is 0 Å². The van der Waals surface area contributed by atoms with Gasteiger partial charge in [0.2, 0.25) is 0 Å². The van der Waals surface area contributed by atoms with Gasteiger partial charge in [-0.2, -0.15) is 11.8 Å². The predicted molar refractivity (Wildman–Crippen MR) is 56.4 cm³/mol. The minimum atomic E-state index is 0. The molecule has 0 aliphatic carbocycles. The topological polar surface area (TPSA) is 33.3 Å². The van der Waals surface area contributed by atoms with Gasteiger partial charge in [0.1, 0.15) is 0 Å². The molecule has 2 N–H and O–H groups in total. The van der Waals surface area contributed by atoms with Crippen molar-refractivity contribution in [3.05, 3.63) is 0 Å². The summed E-state index contributed by atoms with van der Waals surface area (Å²) in [5, 5.41) is 6.42. The van der Waals surface area contributed by atoms with Gasteiger partial charge in [0.15, 0.2) is 0 Å². The molecule has 0 aromatic rings. The number of ether oxygens (including phenoxy) is 1. The van der Waals surface area contributed by atoms with E-state index in [0.29, 0.717) is 0 Å². The molecule has 2 aliphatic rings. The van der Waals surface area contributed by atoms with Crippen LogP contribution in [0.5, 0.6) is 0 Å². The quantitative estimate of drug-likeness (QED) is 0.593. The molecule has 0 atom stereocenters. The van der Waals surface area contributed by atoms with Gasteiger partial charge < -0.3 is 15.4 Å². The molecule has 0 spiro atoms. The van der Waals surface area contributed by atoms with Crippen LogP contribution in [0.4, 0.5) is 4.70 Å². The minimum absolute atomic E-state index is 0. The maximum atomic E-state index is 5.01. The van der Waals surface area contributed by atoms with Gasteiger partial charge in [-0.1, -0.05) is 0 Å². The fraction of sp³-hybridized carbons (Fsp3) is 1.00. The fourth-order valence-corrected chi connectivity index (χ4v) is 1.81. The molecule has 0 aromatic carbocycles. The number of halogens is 1. The summed E-state index contributed by atoms with van der Waals surface area (Å²) in [6, 6.07) is 0. The Morgan fingerprint density at radius 2 is 1.38 bits per heavy atom. The number of rotatable bonds is 0. The van der Waals surface area contributed by atoms with Gasteiger partial charge >= 0.3 is 0 Å². The van der Waals surface area contributed by atoms with E-state index < -0.39 is 0 Å². The Kier molecular flexibility index (Phi) is 10.4. The second kappa shape index (κ2) is 10.2. The van der Waals surface area contributed by atoms with Crippen molar-refractivity contribution < 1.29 is 9.44 Å². The van der Waals surface area contributed by atoms with Crippen LogP contribution in [-0.4, -0.2) is 50.9 Å². The van der Waals surface area contributed by atoms with Gasteiger partial charge in [-0.15, -0.1) is 0 Å². The van der Waals surface area contributed by atoms with Crippen LogP contribution < -0.4 is 10.6 Å². The maximum Gasteiger partial charge on any atom is 0.0591 e. The van der Waals surface area contributed by atoms with Gasteiger partial charge in [-0.25, -0.2) is 0 Å². The van der Waals surface area contributed by atoms with Crippen molar-refractivity contribution in [1.29, 1.82) is 0 Å². The Morgan fingerprint density at radius 3 is 1.54 bits per heavy atom. The molecule has 0 amide bonds. The Bertz CT molecular complexity index is 65.1. The van der Waals surface area contributed by atoms with Crippen LogP contribution in [0.25, 0.3) is 0 Å². The molecule has 5 heteroatoms. The number of thioether (sulfide) groups is 1. The highest BCUT2D eigenvalue weighted by Gasteiger charge is 1.94. The first-order valence-electron chi connectivity index (χ1n) is 4.57. The van der Waals surface area contributed by atoms with E-state index in [1.165, 1.54) is 24.6 Å². The third-order valence-electron chi connectivity index (χ3n) is 1.69. The molecule has 80 valence electrons. The monoisotopic (exact) mass is 210 g/mol. The van der Waals surface area contributed by atoms with Crippen molar-refractivity contribution in [2.45, 2.75) is 0 Å². The fourth-order valence-electron chi connectivity index (χ4n) is 1.03. The smallest absolute Gasteiger partial charge is 0.0591 e. The van der Waals surface area contributed by atoms with Crippen molar-refractivity contribution in [2.24, 2.45) is 0 Å². The third-order valence-corrected chi connectivity index (χ3v) is 2.68. The second-order valence-electron chi connectivity index (χ2n) is 2.72. The zero-order valence-corrected chi connectivity index (χ0v) is 8.70. The molecule has 2 rings (SSSR count). The molecule has 0 unspecified atom stereocenters. The van der Waals surface area contributed by atoms with Crippen LogP contribution in [0.15, 0.2) is 0 Å². The summed E-state index contributed by atoms with van der Waals surface area (Å²) in [6.07, 6.45) is 0. The lowest BCUT2D eigenvalue weighted by Gasteiger charge is -2.10. The van der Waals surface area contributed by atoms with Gasteiger partial charge in [0.25, 0.3) is 0 Å². The van der Waals surface area contributed by atoms with Crippen LogP contribution in [-0.2, 0) is 4.74 Å². The maximum absolute atomic E-state index is 5.01. The SMILES string of the molecule is C1COCCN1.C1CSCCN1.F. The standard InChI is InChI=1S/C4H9NO.C4H9NS.FH/c2*1-3-6-4-2-5-1;/h2*5H,1-4H2;1H. The average Bonchev–Trinajstić information content (AvgIpc) is 2.24. The van der Waals surface area contributed by atoms with Gasteiger partial charge in [-0.3, -0.25) is 4.70 Å².